The molecule has 0 aliphatic rings. The van der Waals surface area contributed by atoms with Crippen molar-refractivity contribution in [3.8, 4) is 0 Å². The van der Waals surface area contributed by atoms with Crippen LogP contribution in [0.5, 0.6) is 0 Å². The second-order valence-corrected chi connectivity index (χ2v) is 8.46. The largest absolute Gasteiger partial charge is 0.456 e. The molecule has 0 saturated carbocycles. The van der Waals surface area contributed by atoms with E-state index in [2.05, 4.69) is 4.72 Å². The zero-order valence-electron chi connectivity index (χ0n) is 16.4. The SMILES string of the molecule is CC(C)N(C(=O)COC(=O)CCCNS(=O)(=O)c1ccc(F)cc1F)C(C)C. The Kier molecular flexibility index (Phi) is 8.96. The average Bonchev–Trinajstić information content (AvgIpc) is 2.55. The highest BCUT2D eigenvalue weighted by Gasteiger charge is 2.22. The molecule has 0 aromatic heterocycles. The summed E-state index contributed by atoms with van der Waals surface area (Å²) in [6.45, 7) is 6.89. The Morgan fingerprint density at radius 1 is 1.14 bits per heavy atom. The van der Waals surface area contributed by atoms with Gasteiger partial charge in [0.15, 0.2) is 6.61 Å². The van der Waals surface area contributed by atoms with Gasteiger partial charge in [0, 0.05) is 31.1 Å². The molecule has 10 heteroatoms. The molecule has 0 saturated heterocycles. The van der Waals surface area contributed by atoms with Crippen LogP contribution in [0.1, 0.15) is 40.5 Å². The van der Waals surface area contributed by atoms with Gasteiger partial charge in [0.2, 0.25) is 10.0 Å². The molecule has 1 rings (SSSR count). The number of ether oxygens (including phenoxy) is 1. The molecule has 0 bridgehead atoms. The highest BCUT2D eigenvalue weighted by molar-refractivity contribution is 7.89. The van der Waals surface area contributed by atoms with Crippen LogP contribution in [-0.4, -0.2) is 50.4 Å². The fourth-order valence-electron chi connectivity index (χ4n) is 2.67. The van der Waals surface area contributed by atoms with Gasteiger partial charge in [-0.25, -0.2) is 21.9 Å². The minimum Gasteiger partial charge on any atom is -0.456 e. The van der Waals surface area contributed by atoms with Gasteiger partial charge >= 0.3 is 5.97 Å². The third-order valence-corrected chi connectivity index (χ3v) is 5.28. The predicted molar refractivity (Wildman–Crippen MR) is 98.9 cm³/mol. The van der Waals surface area contributed by atoms with E-state index in [1.54, 1.807) is 4.90 Å². The van der Waals surface area contributed by atoms with E-state index in [0.717, 1.165) is 12.1 Å². The number of nitrogens with one attached hydrogen (secondary N) is 1. The topological polar surface area (TPSA) is 92.8 Å². The number of esters is 1. The van der Waals surface area contributed by atoms with Crippen LogP contribution in [0.2, 0.25) is 0 Å². The van der Waals surface area contributed by atoms with E-state index >= 15 is 0 Å². The fraction of sp³-hybridized carbons (Fsp3) is 0.556. The third-order valence-electron chi connectivity index (χ3n) is 3.79. The molecule has 0 spiro atoms. The minimum absolute atomic E-state index is 0.0348. The number of nitrogens with zero attached hydrogens (tertiary/aromatic N) is 1. The normalized spacial score (nSPS) is 11.7. The van der Waals surface area contributed by atoms with E-state index in [1.165, 1.54) is 0 Å². The zero-order valence-corrected chi connectivity index (χ0v) is 17.2. The van der Waals surface area contributed by atoms with Crippen molar-refractivity contribution in [2.45, 2.75) is 57.5 Å². The minimum atomic E-state index is -4.17. The maximum Gasteiger partial charge on any atom is 0.306 e. The highest BCUT2D eigenvalue weighted by atomic mass is 32.2. The Bertz CT molecular complexity index is 789. The average molecular weight is 420 g/mol. The zero-order chi connectivity index (χ0) is 21.5. The summed E-state index contributed by atoms with van der Waals surface area (Å²) in [6, 6.07) is 2.06. The summed E-state index contributed by atoms with van der Waals surface area (Å²) < 4.78 is 57.5. The molecule has 0 heterocycles. The van der Waals surface area contributed by atoms with Crippen molar-refractivity contribution in [1.82, 2.24) is 9.62 Å². The molecule has 1 N–H and O–H groups in total. The van der Waals surface area contributed by atoms with Crippen LogP contribution in [0.15, 0.2) is 23.1 Å². The van der Waals surface area contributed by atoms with Gasteiger partial charge in [-0.2, -0.15) is 0 Å². The number of carbonyl (C=O) groups excluding carboxylic acids is 2. The lowest BCUT2D eigenvalue weighted by Gasteiger charge is -2.30. The Morgan fingerprint density at radius 3 is 2.29 bits per heavy atom. The van der Waals surface area contributed by atoms with Gasteiger partial charge < -0.3 is 9.64 Å². The molecule has 1 aromatic carbocycles. The standard InChI is InChI=1S/C18H26F2N2O5S/c1-12(2)22(13(3)4)17(23)11-27-18(24)6-5-9-21-28(25,26)16-8-7-14(19)10-15(16)20/h7-8,10,12-13,21H,5-6,9,11H2,1-4H3. The molecule has 0 radical (unpaired) electrons. The number of amides is 1. The predicted octanol–water partition coefficient (Wildman–Crippen LogP) is 2.21. The Balaban J connectivity index is 2.43. The molecule has 7 nitrogen and oxygen atoms in total. The molecule has 0 aliphatic heterocycles. The summed E-state index contributed by atoms with van der Waals surface area (Å²) in [5.74, 6) is -3.05. The first-order valence-corrected chi connectivity index (χ1v) is 10.4. The number of rotatable bonds is 10. The molecule has 1 aromatic rings. The van der Waals surface area contributed by atoms with Crippen LogP contribution in [0, 0.1) is 11.6 Å². The second kappa shape index (κ2) is 10.5. The Morgan fingerprint density at radius 2 is 1.75 bits per heavy atom. The lowest BCUT2D eigenvalue weighted by Crippen LogP contribution is -2.44. The van der Waals surface area contributed by atoms with Crippen molar-refractivity contribution >= 4 is 21.9 Å². The maximum atomic E-state index is 13.6. The molecule has 0 aliphatic carbocycles. The molecule has 0 fully saturated rings. The van der Waals surface area contributed by atoms with Gasteiger partial charge in [-0.15, -0.1) is 0 Å². The summed E-state index contributed by atoms with van der Waals surface area (Å²) in [7, 11) is -4.17. The van der Waals surface area contributed by atoms with Crippen LogP contribution in [0.4, 0.5) is 8.78 Å². The van der Waals surface area contributed by atoms with Crippen molar-refractivity contribution in [2.24, 2.45) is 0 Å². The first kappa shape index (κ1) is 24.0. The number of carbonyl (C=O) groups is 2. The fourth-order valence-corrected chi connectivity index (χ4v) is 3.80. The van der Waals surface area contributed by atoms with E-state index in [9.17, 15) is 26.8 Å². The van der Waals surface area contributed by atoms with Crippen molar-refractivity contribution < 1.29 is 31.5 Å². The number of halogens is 2. The summed E-state index contributed by atoms with van der Waals surface area (Å²) in [5, 5.41) is 0. The summed E-state index contributed by atoms with van der Waals surface area (Å²) >= 11 is 0. The number of hydrogen-bond acceptors (Lipinski definition) is 5. The molecular formula is C18H26F2N2O5S. The van der Waals surface area contributed by atoms with Gasteiger partial charge in [-0.05, 0) is 46.2 Å². The van der Waals surface area contributed by atoms with E-state index in [4.69, 9.17) is 4.74 Å². The molecule has 28 heavy (non-hydrogen) atoms. The third kappa shape index (κ3) is 7.16. The lowest BCUT2D eigenvalue weighted by atomic mass is 10.2. The molecule has 0 atom stereocenters. The molecule has 1 amide bonds. The highest BCUT2D eigenvalue weighted by Crippen LogP contribution is 2.15. The van der Waals surface area contributed by atoms with Crippen molar-refractivity contribution in [3.05, 3.63) is 29.8 Å². The molecular weight excluding hydrogens is 394 g/mol. The summed E-state index contributed by atoms with van der Waals surface area (Å²) in [6.07, 6.45) is -0.0296. The summed E-state index contributed by atoms with van der Waals surface area (Å²) in [5.41, 5.74) is 0. The van der Waals surface area contributed by atoms with Gasteiger partial charge in [-0.3, -0.25) is 9.59 Å². The van der Waals surface area contributed by atoms with Gasteiger partial charge in [-0.1, -0.05) is 0 Å². The first-order valence-electron chi connectivity index (χ1n) is 8.87. The van der Waals surface area contributed by atoms with E-state index in [0.29, 0.717) is 6.07 Å². The smallest absolute Gasteiger partial charge is 0.306 e. The van der Waals surface area contributed by atoms with E-state index < -0.39 is 32.5 Å². The Labute approximate surface area is 164 Å². The van der Waals surface area contributed by atoms with Gasteiger partial charge in [0.1, 0.15) is 16.5 Å². The summed E-state index contributed by atoms with van der Waals surface area (Å²) in [4.78, 5) is 24.7. The lowest BCUT2D eigenvalue weighted by molar-refractivity contribution is -0.153. The number of sulfonamides is 1. The van der Waals surface area contributed by atoms with Gasteiger partial charge in [0.25, 0.3) is 5.91 Å². The van der Waals surface area contributed by atoms with Crippen LogP contribution >= 0.6 is 0 Å². The molecule has 158 valence electrons. The van der Waals surface area contributed by atoms with Crippen LogP contribution < -0.4 is 4.72 Å². The number of benzene rings is 1. The number of hydrogen-bond donors (Lipinski definition) is 1. The van der Waals surface area contributed by atoms with Crippen molar-refractivity contribution in [2.75, 3.05) is 13.2 Å². The van der Waals surface area contributed by atoms with E-state index in [-0.39, 0.29) is 44.0 Å². The monoisotopic (exact) mass is 420 g/mol. The van der Waals surface area contributed by atoms with Crippen molar-refractivity contribution in [1.29, 1.82) is 0 Å². The molecule has 0 unspecified atom stereocenters. The van der Waals surface area contributed by atoms with Crippen molar-refractivity contribution in [3.63, 3.8) is 0 Å². The van der Waals surface area contributed by atoms with Crippen LogP contribution in [0.25, 0.3) is 0 Å². The van der Waals surface area contributed by atoms with Crippen LogP contribution in [0.3, 0.4) is 0 Å². The maximum absolute atomic E-state index is 13.6. The first-order chi connectivity index (χ1) is 13.0. The van der Waals surface area contributed by atoms with Gasteiger partial charge in [0.05, 0.1) is 0 Å². The second-order valence-electron chi connectivity index (χ2n) is 6.73. The van der Waals surface area contributed by atoms with E-state index in [1.807, 2.05) is 27.7 Å². The quantitative estimate of drug-likeness (QED) is 0.463. The Hall–Kier alpha value is -2.07. The van der Waals surface area contributed by atoms with Crippen LogP contribution in [-0.2, 0) is 24.3 Å².